The molecule has 1 aromatic rings. The number of rotatable bonds is 3. The van der Waals surface area contributed by atoms with E-state index < -0.39 is 0 Å². The van der Waals surface area contributed by atoms with Crippen LogP contribution in [0.15, 0.2) is 41.8 Å². The van der Waals surface area contributed by atoms with Crippen molar-refractivity contribution in [3.8, 4) is 0 Å². The van der Waals surface area contributed by atoms with Gasteiger partial charge in [0.1, 0.15) is 5.17 Å². The van der Waals surface area contributed by atoms with Crippen molar-refractivity contribution in [3.05, 3.63) is 36.7 Å². The van der Waals surface area contributed by atoms with Crippen LogP contribution in [0.2, 0.25) is 0 Å². The molecule has 0 spiro atoms. The Labute approximate surface area is 101 Å². The summed E-state index contributed by atoms with van der Waals surface area (Å²) in [6.07, 6.45) is 7.17. The number of anilines is 1. The van der Waals surface area contributed by atoms with Crippen molar-refractivity contribution >= 4 is 22.5 Å². The molecule has 0 aliphatic carbocycles. The van der Waals surface area contributed by atoms with Crippen LogP contribution >= 0.6 is 11.6 Å². The molecule has 0 aliphatic rings. The maximum atomic E-state index is 5.92. The van der Waals surface area contributed by atoms with Crippen LogP contribution in [0.1, 0.15) is 20.8 Å². The number of aromatic nitrogens is 1. The summed E-state index contributed by atoms with van der Waals surface area (Å²) in [6.45, 7) is 6.30. The second-order valence-electron chi connectivity index (χ2n) is 4.49. The fourth-order valence-electron chi connectivity index (χ4n) is 0.903. The van der Waals surface area contributed by atoms with E-state index in [1.54, 1.807) is 18.5 Å². The maximum absolute atomic E-state index is 5.92. The van der Waals surface area contributed by atoms with Crippen molar-refractivity contribution < 1.29 is 0 Å². The highest BCUT2D eigenvalue weighted by Crippen LogP contribution is 2.14. The molecule has 1 N–H and O–H groups in total. The van der Waals surface area contributed by atoms with Gasteiger partial charge >= 0.3 is 0 Å². The lowest BCUT2D eigenvalue weighted by molar-refractivity contribution is 0.545. The molecule has 0 saturated heterocycles. The Balaban J connectivity index is 2.56. The van der Waals surface area contributed by atoms with Gasteiger partial charge in [-0.3, -0.25) is 10.4 Å². The summed E-state index contributed by atoms with van der Waals surface area (Å²) in [5.41, 5.74) is 3.73. The zero-order valence-electron chi connectivity index (χ0n) is 9.74. The highest BCUT2D eigenvalue weighted by Gasteiger charge is 2.03. The minimum atomic E-state index is 0.101. The molecule has 3 nitrogen and oxygen atoms in total. The molecule has 0 aliphatic heterocycles. The van der Waals surface area contributed by atoms with Gasteiger partial charge in [-0.15, -0.1) is 0 Å². The molecule has 1 rings (SSSR count). The quantitative estimate of drug-likeness (QED) is 0.644. The highest BCUT2D eigenvalue weighted by atomic mass is 35.5. The number of pyridine rings is 1. The van der Waals surface area contributed by atoms with E-state index in [9.17, 15) is 0 Å². The van der Waals surface area contributed by atoms with Crippen molar-refractivity contribution in [3.63, 3.8) is 0 Å². The molecule has 16 heavy (non-hydrogen) atoms. The summed E-state index contributed by atoms with van der Waals surface area (Å²) in [5.74, 6) is 0. The highest BCUT2D eigenvalue weighted by molar-refractivity contribution is 6.68. The van der Waals surface area contributed by atoms with Crippen molar-refractivity contribution in [2.75, 3.05) is 5.43 Å². The zero-order valence-corrected chi connectivity index (χ0v) is 10.5. The van der Waals surface area contributed by atoms with Crippen LogP contribution in [0, 0.1) is 5.41 Å². The first-order valence-corrected chi connectivity index (χ1v) is 5.44. The average molecular weight is 238 g/mol. The van der Waals surface area contributed by atoms with E-state index in [4.69, 9.17) is 11.6 Å². The number of hydrazone groups is 1. The second kappa shape index (κ2) is 5.66. The monoisotopic (exact) mass is 237 g/mol. The molecule has 86 valence electrons. The van der Waals surface area contributed by atoms with Crippen LogP contribution in [-0.4, -0.2) is 10.2 Å². The minimum absolute atomic E-state index is 0.101. The van der Waals surface area contributed by atoms with E-state index in [2.05, 4.69) is 36.3 Å². The van der Waals surface area contributed by atoms with Gasteiger partial charge in [0, 0.05) is 6.20 Å². The summed E-state index contributed by atoms with van der Waals surface area (Å²) >= 11 is 5.92. The van der Waals surface area contributed by atoms with Crippen molar-refractivity contribution in [2.45, 2.75) is 20.8 Å². The number of hydrogen-bond acceptors (Lipinski definition) is 3. The number of nitrogens with one attached hydrogen (secondary N) is 1. The third-order valence-corrected chi connectivity index (χ3v) is 1.88. The van der Waals surface area contributed by atoms with Crippen LogP contribution < -0.4 is 5.43 Å². The summed E-state index contributed by atoms with van der Waals surface area (Å²) in [7, 11) is 0. The summed E-state index contributed by atoms with van der Waals surface area (Å²) in [6, 6.07) is 3.70. The molecule has 0 saturated carbocycles. The van der Waals surface area contributed by atoms with E-state index >= 15 is 0 Å². The Kier molecular flexibility index (Phi) is 4.50. The Morgan fingerprint density at radius 3 is 2.81 bits per heavy atom. The molecule has 0 atom stereocenters. The lowest BCUT2D eigenvalue weighted by Gasteiger charge is -2.10. The van der Waals surface area contributed by atoms with Crippen LogP contribution in [0.5, 0.6) is 0 Å². The summed E-state index contributed by atoms with van der Waals surface area (Å²) < 4.78 is 0. The molecule has 1 aromatic heterocycles. The maximum Gasteiger partial charge on any atom is 0.149 e. The molecule has 1 heterocycles. The first kappa shape index (κ1) is 12.7. The van der Waals surface area contributed by atoms with Gasteiger partial charge in [0.15, 0.2) is 0 Å². The fourth-order valence-corrected chi connectivity index (χ4v) is 1.01. The van der Waals surface area contributed by atoms with Gasteiger partial charge in [-0.2, -0.15) is 5.10 Å². The first-order valence-electron chi connectivity index (χ1n) is 5.06. The number of allylic oxidation sites excluding steroid dienone is 2. The molecule has 0 fully saturated rings. The summed E-state index contributed by atoms with van der Waals surface area (Å²) in [4.78, 5) is 3.96. The van der Waals surface area contributed by atoms with E-state index in [1.165, 1.54) is 0 Å². The zero-order chi connectivity index (χ0) is 12.0. The fraction of sp³-hybridized carbons (Fsp3) is 0.333. The predicted octanol–water partition coefficient (Wildman–Crippen LogP) is 3.65. The van der Waals surface area contributed by atoms with Crippen LogP contribution in [0.25, 0.3) is 0 Å². The van der Waals surface area contributed by atoms with Crippen molar-refractivity contribution in [1.82, 2.24) is 4.98 Å². The largest absolute Gasteiger partial charge is 0.275 e. The van der Waals surface area contributed by atoms with E-state index in [0.717, 1.165) is 5.69 Å². The third-order valence-electron chi connectivity index (χ3n) is 1.67. The van der Waals surface area contributed by atoms with Crippen molar-refractivity contribution in [2.24, 2.45) is 10.5 Å². The number of nitrogens with zero attached hydrogens (tertiary/aromatic N) is 2. The smallest absolute Gasteiger partial charge is 0.149 e. The van der Waals surface area contributed by atoms with Crippen LogP contribution in [-0.2, 0) is 0 Å². The van der Waals surface area contributed by atoms with Gasteiger partial charge in [0.25, 0.3) is 0 Å². The van der Waals surface area contributed by atoms with Gasteiger partial charge in [-0.05, 0) is 23.6 Å². The van der Waals surface area contributed by atoms with Crippen LogP contribution in [0.3, 0.4) is 0 Å². The molecule has 4 heteroatoms. The van der Waals surface area contributed by atoms with E-state index in [-0.39, 0.29) is 5.41 Å². The van der Waals surface area contributed by atoms with Gasteiger partial charge in [0.05, 0.1) is 11.9 Å². The molecule has 0 bridgehead atoms. The molecule has 0 radical (unpaired) electrons. The Morgan fingerprint density at radius 1 is 1.50 bits per heavy atom. The van der Waals surface area contributed by atoms with Gasteiger partial charge < -0.3 is 0 Å². The number of halogens is 1. The average Bonchev–Trinajstić information content (AvgIpc) is 2.24. The lowest BCUT2D eigenvalue weighted by atomic mass is 9.96. The van der Waals surface area contributed by atoms with Gasteiger partial charge in [-0.25, -0.2) is 0 Å². The van der Waals surface area contributed by atoms with Gasteiger partial charge in [-0.1, -0.05) is 38.4 Å². The SMILES string of the molecule is CC(C)(C)C=C/C(Cl)=N\Nc1cccnc1. The first-order chi connectivity index (χ1) is 7.47. The molecule has 0 aromatic carbocycles. The van der Waals surface area contributed by atoms with Crippen molar-refractivity contribution in [1.29, 1.82) is 0 Å². The Bertz CT molecular complexity index is 377. The third kappa shape index (κ3) is 5.51. The molecule has 0 unspecified atom stereocenters. The Morgan fingerprint density at radius 2 is 2.25 bits per heavy atom. The molecular weight excluding hydrogens is 222 g/mol. The normalized spacial score (nSPS) is 13.1. The minimum Gasteiger partial charge on any atom is -0.275 e. The Hall–Kier alpha value is -1.35. The number of hydrogen-bond donors (Lipinski definition) is 1. The lowest BCUT2D eigenvalue weighted by Crippen LogP contribution is -2.00. The topological polar surface area (TPSA) is 37.3 Å². The summed E-state index contributed by atoms with van der Waals surface area (Å²) in [5, 5.41) is 4.42. The van der Waals surface area contributed by atoms with Crippen LogP contribution in [0.4, 0.5) is 5.69 Å². The predicted molar refractivity (Wildman–Crippen MR) is 69.7 cm³/mol. The van der Waals surface area contributed by atoms with E-state index in [0.29, 0.717) is 5.17 Å². The second-order valence-corrected chi connectivity index (χ2v) is 4.87. The van der Waals surface area contributed by atoms with E-state index in [1.807, 2.05) is 18.2 Å². The molecular formula is C12H16ClN3. The standard InChI is InChI=1S/C12H16ClN3/c1-12(2,3)7-6-11(13)16-15-10-5-4-8-14-9-10/h4-9,15H,1-3H3/b7-6?,16-11+. The molecule has 0 amide bonds. The van der Waals surface area contributed by atoms with Gasteiger partial charge in [0.2, 0.25) is 0 Å².